The molecule has 0 radical (unpaired) electrons. The molecule has 0 bridgehead atoms. The van der Waals surface area contributed by atoms with Crippen molar-refractivity contribution in [3.8, 4) is 0 Å². The first-order chi connectivity index (χ1) is 7.52. The number of hydrogen-bond acceptors (Lipinski definition) is 5. The summed E-state index contributed by atoms with van der Waals surface area (Å²) in [6, 6.07) is 2.73. The number of aliphatic hydroxyl groups is 1. The van der Waals surface area contributed by atoms with E-state index < -0.39 is 24.0 Å². The highest BCUT2D eigenvalue weighted by Crippen LogP contribution is 2.16. The highest BCUT2D eigenvalue weighted by Gasteiger charge is 2.18. The molecule has 0 aliphatic carbocycles. The van der Waals surface area contributed by atoms with Gasteiger partial charge in [0.25, 0.3) is 0 Å². The molecule has 0 aromatic carbocycles. The molecule has 6 N–H and O–H groups in total. The van der Waals surface area contributed by atoms with Crippen LogP contribution in [0.1, 0.15) is 10.9 Å². The molecule has 16 heavy (non-hydrogen) atoms. The Hall–Kier alpha value is -1.44. The first-order valence-corrected chi connectivity index (χ1v) is 5.44. The Bertz CT molecular complexity index is 366. The molecule has 1 rings (SSSR count). The molecule has 0 aliphatic rings. The van der Waals surface area contributed by atoms with Crippen molar-refractivity contribution in [2.45, 2.75) is 12.1 Å². The lowest BCUT2D eigenvalue weighted by atomic mass is 10.2. The van der Waals surface area contributed by atoms with Crippen LogP contribution in [0.2, 0.25) is 0 Å². The summed E-state index contributed by atoms with van der Waals surface area (Å²) in [5.41, 5.74) is 10.5. The highest BCUT2D eigenvalue weighted by molar-refractivity contribution is 7.10. The molecule has 0 fully saturated rings. The number of rotatable bonds is 5. The second-order valence-electron chi connectivity index (χ2n) is 3.16. The number of nitrogens with one attached hydrogen (secondary N) is 1. The van der Waals surface area contributed by atoms with E-state index in [1.54, 1.807) is 17.5 Å². The van der Waals surface area contributed by atoms with Gasteiger partial charge < -0.3 is 21.9 Å². The molecule has 2 amide bonds. The molecule has 2 atom stereocenters. The number of carbonyl (C=O) groups excluding carboxylic acids is 2. The monoisotopic (exact) mass is 243 g/mol. The molecule has 0 aliphatic heterocycles. The maximum atomic E-state index is 11.5. The number of nitrogens with two attached hydrogens (primary N) is 2. The van der Waals surface area contributed by atoms with Crippen LogP contribution >= 0.6 is 11.3 Å². The van der Waals surface area contributed by atoms with Crippen LogP contribution in [-0.2, 0) is 9.59 Å². The van der Waals surface area contributed by atoms with Crippen LogP contribution < -0.4 is 16.8 Å². The van der Waals surface area contributed by atoms with Crippen molar-refractivity contribution < 1.29 is 14.7 Å². The lowest BCUT2D eigenvalue weighted by molar-refractivity contribution is -0.127. The minimum Gasteiger partial charge on any atom is -0.381 e. The predicted octanol–water partition coefficient (Wildman–Crippen LogP) is -1.29. The van der Waals surface area contributed by atoms with E-state index in [-0.39, 0.29) is 6.54 Å². The Morgan fingerprint density at radius 2 is 2.25 bits per heavy atom. The molecule has 0 saturated carbocycles. The van der Waals surface area contributed by atoms with Crippen LogP contribution in [0, 0.1) is 0 Å². The fourth-order valence-electron chi connectivity index (χ4n) is 1.01. The van der Waals surface area contributed by atoms with Crippen LogP contribution in [0.4, 0.5) is 0 Å². The van der Waals surface area contributed by atoms with Gasteiger partial charge in [0.2, 0.25) is 11.8 Å². The third-order valence-corrected chi connectivity index (χ3v) is 2.89. The fourth-order valence-corrected chi connectivity index (χ4v) is 1.73. The summed E-state index contributed by atoms with van der Waals surface area (Å²) in [5.74, 6) is -1.34. The predicted molar refractivity (Wildman–Crippen MR) is 59.5 cm³/mol. The van der Waals surface area contributed by atoms with E-state index in [0.717, 1.165) is 0 Å². The maximum absolute atomic E-state index is 11.5. The van der Waals surface area contributed by atoms with Gasteiger partial charge in [-0.2, -0.15) is 0 Å². The van der Waals surface area contributed by atoms with Crippen molar-refractivity contribution in [1.82, 2.24) is 5.32 Å². The van der Waals surface area contributed by atoms with Gasteiger partial charge in [0.15, 0.2) is 0 Å². The summed E-state index contributed by atoms with van der Waals surface area (Å²) in [6.45, 7) is -0.229. The molecular formula is C9H13N3O3S. The van der Waals surface area contributed by atoms with Gasteiger partial charge in [-0.25, -0.2) is 0 Å². The van der Waals surface area contributed by atoms with E-state index in [0.29, 0.717) is 4.88 Å². The largest absolute Gasteiger partial charge is 0.381 e. The van der Waals surface area contributed by atoms with Gasteiger partial charge >= 0.3 is 0 Å². The van der Waals surface area contributed by atoms with Gasteiger partial charge in [0.05, 0.1) is 6.54 Å². The van der Waals surface area contributed by atoms with E-state index in [9.17, 15) is 9.59 Å². The zero-order valence-corrected chi connectivity index (χ0v) is 9.24. The number of thiophene rings is 1. The molecule has 0 saturated heterocycles. The summed E-state index contributed by atoms with van der Waals surface area (Å²) in [7, 11) is 0. The minimum atomic E-state index is -1.39. The summed E-state index contributed by atoms with van der Waals surface area (Å²) >= 11 is 1.36. The zero-order valence-electron chi connectivity index (χ0n) is 8.42. The van der Waals surface area contributed by atoms with E-state index in [2.05, 4.69) is 5.32 Å². The summed E-state index contributed by atoms with van der Waals surface area (Å²) < 4.78 is 0. The maximum Gasteiger partial charge on any atom is 0.248 e. The molecule has 0 spiro atoms. The van der Waals surface area contributed by atoms with Crippen LogP contribution in [0.15, 0.2) is 17.5 Å². The fraction of sp³-hybridized carbons (Fsp3) is 0.333. The first kappa shape index (κ1) is 12.6. The third kappa shape index (κ3) is 3.30. The second kappa shape index (κ2) is 5.59. The molecule has 7 heteroatoms. The van der Waals surface area contributed by atoms with Gasteiger partial charge in [-0.05, 0) is 11.4 Å². The number of aliphatic hydroxyl groups excluding tert-OH is 1. The van der Waals surface area contributed by atoms with E-state index >= 15 is 0 Å². The normalized spacial score (nSPS) is 14.1. The average Bonchev–Trinajstić information content (AvgIpc) is 2.77. The Morgan fingerprint density at radius 1 is 1.56 bits per heavy atom. The molecular weight excluding hydrogens is 230 g/mol. The van der Waals surface area contributed by atoms with Crippen molar-refractivity contribution in [3.05, 3.63) is 22.4 Å². The van der Waals surface area contributed by atoms with Crippen molar-refractivity contribution >= 4 is 23.2 Å². The third-order valence-electron chi connectivity index (χ3n) is 1.93. The van der Waals surface area contributed by atoms with Gasteiger partial charge in [0.1, 0.15) is 12.1 Å². The molecule has 6 nitrogen and oxygen atoms in total. The SMILES string of the molecule is NC(=O)C(O)CNC(=O)C(N)c1cccs1. The Balaban J connectivity index is 2.44. The number of carbonyl (C=O) groups is 2. The van der Waals surface area contributed by atoms with Crippen molar-refractivity contribution in [2.24, 2.45) is 11.5 Å². The smallest absolute Gasteiger partial charge is 0.248 e. The average molecular weight is 243 g/mol. The standard InChI is InChI=1S/C9H13N3O3S/c10-7(6-2-1-3-16-6)9(15)12-4-5(13)8(11)14/h1-3,5,7,13H,4,10H2,(H2,11,14)(H,12,15). The molecule has 1 aromatic rings. The molecule has 1 heterocycles. The topological polar surface area (TPSA) is 118 Å². The van der Waals surface area contributed by atoms with Crippen LogP contribution in [0.25, 0.3) is 0 Å². The summed E-state index contributed by atoms with van der Waals surface area (Å²) in [4.78, 5) is 22.7. The number of hydrogen-bond donors (Lipinski definition) is 4. The van der Waals surface area contributed by atoms with E-state index in [1.165, 1.54) is 11.3 Å². The van der Waals surface area contributed by atoms with Crippen LogP contribution in [0.3, 0.4) is 0 Å². The van der Waals surface area contributed by atoms with Crippen LogP contribution in [0.5, 0.6) is 0 Å². The second-order valence-corrected chi connectivity index (χ2v) is 4.14. The number of primary amides is 1. The van der Waals surface area contributed by atoms with Gasteiger partial charge in [-0.1, -0.05) is 6.07 Å². The quantitative estimate of drug-likeness (QED) is 0.514. The zero-order chi connectivity index (χ0) is 12.1. The van der Waals surface area contributed by atoms with E-state index in [4.69, 9.17) is 16.6 Å². The van der Waals surface area contributed by atoms with Gasteiger partial charge in [-0.15, -0.1) is 11.3 Å². The Kier molecular flexibility index (Phi) is 4.41. The minimum absolute atomic E-state index is 0.229. The van der Waals surface area contributed by atoms with Crippen molar-refractivity contribution in [1.29, 1.82) is 0 Å². The van der Waals surface area contributed by atoms with Crippen molar-refractivity contribution in [3.63, 3.8) is 0 Å². The van der Waals surface area contributed by atoms with Crippen LogP contribution in [-0.4, -0.2) is 29.6 Å². The lowest BCUT2D eigenvalue weighted by Crippen LogP contribution is -2.42. The lowest BCUT2D eigenvalue weighted by Gasteiger charge is -2.12. The van der Waals surface area contributed by atoms with E-state index in [1.807, 2.05) is 0 Å². The summed E-state index contributed by atoms with van der Waals surface area (Å²) in [5, 5.41) is 13.2. The van der Waals surface area contributed by atoms with Gasteiger partial charge in [0, 0.05) is 4.88 Å². The van der Waals surface area contributed by atoms with Crippen molar-refractivity contribution in [2.75, 3.05) is 6.54 Å². The first-order valence-electron chi connectivity index (χ1n) is 4.56. The molecule has 88 valence electrons. The Morgan fingerprint density at radius 3 is 2.75 bits per heavy atom. The Labute approximate surface area is 96.2 Å². The highest BCUT2D eigenvalue weighted by atomic mass is 32.1. The number of amides is 2. The summed E-state index contributed by atoms with van der Waals surface area (Å²) in [6.07, 6.45) is -1.39. The molecule has 2 unspecified atom stereocenters. The van der Waals surface area contributed by atoms with Gasteiger partial charge in [-0.3, -0.25) is 9.59 Å². The molecule has 1 aromatic heterocycles.